The van der Waals surface area contributed by atoms with Crippen LogP contribution in [0.4, 0.5) is 0 Å². The van der Waals surface area contributed by atoms with Gasteiger partial charge in [0.1, 0.15) is 0 Å². The van der Waals surface area contributed by atoms with Crippen molar-refractivity contribution in [2.24, 2.45) is 5.73 Å². The van der Waals surface area contributed by atoms with E-state index < -0.39 is 0 Å². The zero-order valence-electron chi connectivity index (χ0n) is 9.19. The van der Waals surface area contributed by atoms with Gasteiger partial charge in [0.25, 0.3) is 5.91 Å². The van der Waals surface area contributed by atoms with Crippen molar-refractivity contribution in [1.82, 2.24) is 4.90 Å². The van der Waals surface area contributed by atoms with Crippen LogP contribution in [-0.4, -0.2) is 28.4 Å². The smallest absolute Gasteiger partial charge is 0.290 e. The maximum Gasteiger partial charge on any atom is 0.290 e. The predicted octanol–water partition coefficient (Wildman–Crippen LogP) is 2.21. The lowest BCUT2D eigenvalue weighted by molar-refractivity contribution is 0.0649. The monoisotopic (exact) mass is 272 g/mol. The lowest BCUT2D eigenvalue weighted by Crippen LogP contribution is -2.49. The molecule has 4 nitrogen and oxygen atoms in total. The first-order valence-electron chi connectivity index (χ1n) is 5.45. The Morgan fingerprint density at radius 3 is 2.88 bits per heavy atom. The molecular formula is C11H13ClN2O2S. The number of hydrogen-bond acceptors (Lipinski definition) is 3. The summed E-state index contributed by atoms with van der Waals surface area (Å²) in [5.41, 5.74) is 5.66. The molecule has 1 aliphatic rings. The molecule has 1 aromatic heterocycles. The molecule has 6 heteroatoms. The quantitative estimate of drug-likeness (QED) is 0.839. The van der Waals surface area contributed by atoms with E-state index in [9.17, 15) is 4.79 Å². The summed E-state index contributed by atoms with van der Waals surface area (Å²) in [4.78, 5) is 14.2. The van der Waals surface area contributed by atoms with Crippen molar-refractivity contribution in [1.29, 1.82) is 0 Å². The van der Waals surface area contributed by atoms with Crippen LogP contribution in [0.25, 0.3) is 0 Å². The Hall–Kier alpha value is -1.07. The normalized spacial score (nSPS) is 20.3. The molecule has 1 unspecified atom stereocenters. The number of amides is 1. The highest BCUT2D eigenvalue weighted by Gasteiger charge is 2.30. The van der Waals surface area contributed by atoms with Gasteiger partial charge < -0.3 is 15.1 Å². The van der Waals surface area contributed by atoms with Gasteiger partial charge in [0.05, 0.1) is 11.0 Å². The molecular weight excluding hydrogens is 260 g/mol. The number of piperidine rings is 1. The number of hydrogen-bond donors (Lipinski definition) is 1. The van der Waals surface area contributed by atoms with Crippen LogP contribution in [0.1, 0.15) is 29.8 Å². The van der Waals surface area contributed by atoms with Crippen molar-refractivity contribution in [2.75, 3.05) is 6.54 Å². The largest absolute Gasteiger partial charge is 0.440 e. The summed E-state index contributed by atoms with van der Waals surface area (Å²) < 4.78 is 5.12. The van der Waals surface area contributed by atoms with Crippen LogP contribution >= 0.6 is 23.8 Å². The van der Waals surface area contributed by atoms with Crippen molar-refractivity contribution in [3.05, 3.63) is 23.1 Å². The van der Waals surface area contributed by atoms with E-state index in [0.29, 0.717) is 11.5 Å². The van der Waals surface area contributed by atoms with E-state index in [4.69, 9.17) is 34.0 Å². The summed E-state index contributed by atoms with van der Waals surface area (Å²) in [7, 11) is 0. The van der Waals surface area contributed by atoms with Crippen LogP contribution in [0.2, 0.25) is 5.22 Å². The van der Waals surface area contributed by atoms with E-state index >= 15 is 0 Å². The van der Waals surface area contributed by atoms with E-state index in [2.05, 4.69) is 0 Å². The Balaban J connectivity index is 2.19. The van der Waals surface area contributed by atoms with Crippen LogP contribution in [0, 0.1) is 0 Å². The number of nitrogens with two attached hydrogens (primary N) is 1. The predicted molar refractivity (Wildman–Crippen MR) is 69.2 cm³/mol. The van der Waals surface area contributed by atoms with Crippen LogP contribution in [0.3, 0.4) is 0 Å². The number of thiocarbonyl (C=S) groups is 1. The van der Waals surface area contributed by atoms with Gasteiger partial charge in [-0.1, -0.05) is 12.2 Å². The van der Waals surface area contributed by atoms with Gasteiger partial charge in [0.15, 0.2) is 11.0 Å². The molecule has 92 valence electrons. The highest BCUT2D eigenvalue weighted by molar-refractivity contribution is 7.80. The Kier molecular flexibility index (Phi) is 3.69. The van der Waals surface area contributed by atoms with Gasteiger partial charge in [0, 0.05) is 6.54 Å². The minimum atomic E-state index is -0.200. The molecule has 1 amide bonds. The SMILES string of the molecule is NC(=S)C1CCCCN1C(=O)c1ccc(Cl)o1. The van der Waals surface area contributed by atoms with Crippen LogP contribution in [0.5, 0.6) is 0 Å². The van der Waals surface area contributed by atoms with Gasteiger partial charge >= 0.3 is 0 Å². The van der Waals surface area contributed by atoms with E-state index in [-0.39, 0.29) is 22.9 Å². The van der Waals surface area contributed by atoms with Gasteiger partial charge in [-0.15, -0.1) is 0 Å². The van der Waals surface area contributed by atoms with Crippen LogP contribution in [-0.2, 0) is 0 Å². The Morgan fingerprint density at radius 1 is 1.53 bits per heavy atom. The number of nitrogens with zero attached hydrogens (tertiary/aromatic N) is 1. The van der Waals surface area contributed by atoms with Gasteiger partial charge in [-0.05, 0) is 43.0 Å². The molecule has 0 saturated carbocycles. The third-order valence-corrected chi connectivity index (χ3v) is 3.35. The molecule has 0 aliphatic carbocycles. The van der Waals surface area contributed by atoms with Crippen molar-refractivity contribution in [2.45, 2.75) is 25.3 Å². The second-order valence-electron chi connectivity index (χ2n) is 4.02. The summed E-state index contributed by atoms with van der Waals surface area (Å²) in [5.74, 6) is 0.0348. The molecule has 1 aliphatic heterocycles. The summed E-state index contributed by atoms with van der Waals surface area (Å²) in [6.45, 7) is 0.652. The molecule has 2 N–H and O–H groups in total. The molecule has 0 spiro atoms. The van der Waals surface area contributed by atoms with E-state index in [1.54, 1.807) is 17.0 Å². The Labute approximate surface area is 110 Å². The van der Waals surface area contributed by atoms with Crippen molar-refractivity contribution < 1.29 is 9.21 Å². The van der Waals surface area contributed by atoms with Crippen molar-refractivity contribution in [3.63, 3.8) is 0 Å². The summed E-state index contributed by atoms with van der Waals surface area (Å²) >= 11 is 10.6. The molecule has 0 radical (unpaired) electrons. The number of furan rings is 1. The number of halogens is 1. The molecule has 1 fully saturated rings. The molecule has 1 atom stereocenters. The zero-order chi connectivity index (χ0) is 12.4. The lowest BCUT2D eigenvalue weighted by atomic mass is 10.0. The Bertz CT molecular complexity index is 446. The van der Waals surface area contributed by atoms with E-state index in [1.165, 1.54) is 0 Å². The fourth-order valence-corrected chi connectivity index (χ4v) is 2.43. The lowest BCUT2D eigenvalue weighted by Gasteiger charge is -2.34. The third-order valence-electron chi connectivity index (χ3n) is 2.88. The van der Waals surface area contributed by atoms with E-state index in [1.807, 2.05) is 0 Å². The second kappa shape index (κ2) is 5.06. The molecule has 0 aromatic carbocycles. The minimum absolute atomic E-state index is 0.171. The number of carbonyl (C=O) groups excluding carboxylic acids is 1. The first kappa shape index (κ1) is 12.4. The molecule has 1 saturated heterocycles. The first-order valence-corrected chi connectivity index (χ1v) is 6.24. The topological polar surface area (TPSA) is 59.5 Å². The zero-order valence-corrected chi connectivity index (χ0v) is 10.8. The highest BCUT2D eigenvalue weighted by Crippen LogP contribution is 2.22. The average Bonchev–Trinajstić information content (AvgIpc) is 2.75. The molecule has 0 bridgehead atoms. The molecule has 17 heavy (non-hydrogen) atoms. The summed E-state index contributed by atoms with van der Waals surface area (Å²) in [5, 5.41) is 0.206. The summed E-state index contributed by atoms with van der Waals surface area (Å²) in [6, 6.07) is 2.94. The first-order chi connectivity index (χ1) is 8.09. The van der Waals surface area contributed by atoms with Crippen molar-refractivity contribution in [3.8, 4) is 0 Å². The number of carbonyl (C=O) groups is 1. The highest BCUT2D eigenvalue weighted by atomic mass is 35.5. The second-order valence-corrected chi connectivity index (χ2v) is 4.86. The van der Waals surface area contributed by atoms with Gasteiger partial charge in [0.2, 0.25) is 0 Å². The Morgan fingerprint density at radius 2 is 2.29 bits per heavy atom. The summed E-state index contributed by atoms with van der Waals surface area (Å²) in [6.07, 6.45) is 2.81. The maximum absolute atomic E-state index is 12.2. The number of rotatable bonds is 2. The molecule has 1 aromatic rings. The minimum Gasteiger partial charge on any atom is -0.440 e. The number of likely N-dealkylation sites (tertiary alicyclic amines) is 1. The standard InChI is InChI=1S/C11H13ClN2O2S/c12-9-5-4-8(16-9)11(15)14-6-2-1-3-7(14)10(13)17/h4-5,7H,1-3,6H2,(H2,13,17). The van der Waals surface area contributed by atoms with E-state index in [0.717, 1.165) is 19.3 Å². The van der Waals surface area contributed by atoms with Gasteiger partial charge in [-0.3, -0.25) is 4.79 Å². The fourth-order valence-electron chi connectivity index (χ4n) is 2.04. The van der Waals surface area contributed by atoms with Gasteiger partial charge in [-0.2, -0.15) is 0 Å². The third kappa shape index (κ3) is 2.61. The van der Waals surface area contributed by atoms with Crippen LogP contribution < -0.4 is 5.73 Å². The molecule has 2 rings (SSSR count). The fraction of sp³-hybridized carbons (Fsp3) is 0.455. The van der Waals surface area contributed by atoms with Crippen molar-refractivity contribution >= 4 is 34.7 Å². The average molecular weight is 273 g/mol. The van der Waals surface area contributed by atoms with Gasteiger partial charge in [-0.25, -0.2) is 0 Å². The maximum atomic E-state index is 12.2. The molecule has 2 heterocycles. The van der Waals surface area contributed by atoms with Crippen LogP contribution in [0.15, 0.2) is 16.5 Å².